The highest BCUT2D eigenvalue weighted by Crippen LogP contribution is 2.27. The van der Waals surface area contributed by atoms with Crippen molar-refractivity contribution in [3.8, 4) is 5.75 Å². The molecule has 15 heavy (non-hydrogen) atoms. The third-order valence-corrected chi connectivity index (χ3v) is 2.58. The number of fused-ring (bicyclic) bond motifs is 1. The third kappa shape index (κ3) is 1.97. The Balaban J connectivity index is 2.35. The number of hydrogen-bond donors (Lipinski definition) is 1. The Labute approximate surface area is 89.7 Å². The van der Waals surface area contributed by atoms with Crippen LogP contribution in [-0.4, -0.2) is 14.2 Å². The lowest BCUT2D eigenvalue weighted by Crippen LogP contribution is -2.14. The second-order valence-corrected chi connectivity index (χ2v) is 3.49. The molecule has 1 aliphatic rings. The molecule has 3 nitrogen and oxygen atoms in total. The Bertz CT molecular complexity index is 385. The van der Waals surface area contributed by atoms with Gasteiger partial charge in [-0.3, -0.25) is 10.3 Å². The number of hydroxylamine groups is 1. The zero-order valence-electron chi connectivity index (χ0n) is 9.04. The zero-order valence-corrected chi connectivity index (χ0v) is 9.04. The third-order valence-electron chi connectivity index (χ3n) is 2.58. The molecule has 1 N–H and O–H groups in total. The Morgan fingerprint density at radius 2 is 2.13 bits per heavy atom. The molecule has 0 saturated carbocycles. The second-order valence-electron chi connectivity index (χ2n) is 3.49. The summed E-state index contributed by atoms with van der Waals surface area (Å²) in [7, 11) is 3.31. The number of benzene rings is 1. The van der Waals surface area contributed by atoms with Crippen molar-refractivity contribution < 1.29 is 9.57 Å². The second kappa shape index (κ2) is 4.36. The maximum atomic E-state index is 5.20. The van der Waals surface area contributed by atoms with Gasteiger partial charge in [-0.25, -0.2) is 0 Å². The van der Waals surface area contributed by atoms with Crippen molar-refractivity contribution in [2.24, 2.45) is 0 Å². The van der Waals surface area contributed by atoms with Gasteiger partial charge in [0.25, 0.3) is 0 Å². The van der Waals surface area contributed by atoms with Crippen LogP contribution in [0.4, 0.5) is 0 Å². The molecule has 0 bridgehead atoms. The lowest BCUT2D eigenvalue weighted by Gasteiger charge is -2.18. The number of methoxy groups -OCH3 is 1. The fourth-order valence-electron chi connectivity index (χ4n) is 1.86. The minimum absolute atomic E-state index is 0.910. The number of rotatable bonds is 3. The minimum atomic E-state index is 0.910. The molecule has 80 valence electrons. The first-order chi connectivity index (χ1) is 7.35. The Morgan fingerprint density at radius 1 is 1.27 bits per heavy atom. The summed E-state index contributed by atoms with van der Waals surface area (Å²) in [6.07, 6.45) is 4.24. The predicted octanol–water partition coefficient (Wildman–Crippen LogP) is 2.13. The first-order valence-electron chi connectivity index (χ1n) is 5.01. The van der Waals surface area contributed by atoms with Crippen molar-refractivity contribution in [2.45, 2.75) is 12.8 Å². The van der Waals surface area contributed by atoms with E-state index in [4.69, 9.17) is 9.57 Å². The molecule has 0 amide bonds. The Kier molecular flexibility index (Phi) is 2.92. The summed E-state index contributed by atoms with van der Waals surface area (Å²) < 4.78 is 5.20. The fourth-order valence-corrected chi connectivity index (χ4v) is 1.86. The van der Waals surface area contributed by atoms with E-state index < -0.39 is 0 Å². The van der Waals surface area contributed by atoms with E-state index >= 15 is 0 Å². The number of aryl methyl sites for hydroxylation is 1. The molecule has 1 aliphatic carbocycles. The summed E-state index contributed by atoms with van der Waals surface area (Å²) in [5.41, 5.74) is 6.44. The molecule has 0 fully saturated rings. The van der Waals surface area contributed by atoms with Crippen LogP contribution < -0.4 is 10.2 Å². The number of allylic oxidation sites excluding steroid dienone is 1. The van der Waals surface area contributed by atoms with Gasteiger partial charge in [-0.05, 0) is 36.6 Å². The topological polar surface area (TPSA) is 30.5 Å². The lowest BCUT2D eigenvalue weighted by molar-refractivity contribution is 0.136. The number of ether oxygens (including phenoxy) is 1. The fraction of sp³-hybridized carbons (Fsp3) is 0.333. The molecule has 0 heterocycles. The molecule has 0 aromatic heterocycles. The van der Waals surface area contributed by atoms with E-state index in [0.717, 1.165) is 24.3 Å². The highest BCUT2D eigenvalue weighted by molar-refractivity contribution is 5.68. The van der Waals surface area contributed by atoms with Crippen molar-refractivity contribution in [1.29, 1.82) is 0 Å². The van der Waals surface area contributed by atoms with Gasteiger partial charge < -0.3 is 4.74 Å². The molecule has 0 atom stereocenters. The Hall–Kier alpha value is -1.48. The summed E-state index contributed by atoms with van der Waals surface area (Å²) in [5, 5.41) is 0. The smallest absolute Gasteiger partial charge is 0.119 e. The van der Waals surface area contributed by atoms with E-state index in [9.17, 15) is 0 Å². The standard InChI is InChI=1S/C12H15NO2/c1-14-10-6-7-11-9(8-10)4-3-5-12(11)13-15-2/h5-8,13H,3-4H2,1-2H3. The van der Waals surface area contributed by atoms with Crippen molar-refractivity contribution in [3.05, 3.63) is 35.4 Å². The van der Waals surface area contributed by atoms with Gasteiger partial charge in [-0.2, -0.15) is 0 Å². The molecule has 1 aromatic carbocycles. The molecule has 0 spiro atoms. The lowest BCUT2D eigenvalue weighted by atomic mass is 9.95. The highest BCUT2D eigenvalue weighted by Gasteiger charge is 2.12. The molecule has 0 unspecified atom stereocenters. The van der Waals surface area contributed by atoms with Crippen LogP contribution in [0.1, 0.15) is 17.5 Å². The summed E-state index contributed by atoms with van der Waals surface area (Å²) >= 11 is 0. The number of hydrogen-bond acceptors (Lipinski definition) is 3. The van der Waals surface area contributed by atoms with E-state index in [1.807, 2.05) is 6.07 Å². The summed E-state index contributed by atoms with van der Waals surface area (Å²) in [6, 6.07) is 6.11. The molecular weight excluding hydrogens is 190 g/mol. The van der Waals surface area contributed by atoms with Gasteiger partial charge in [0.1, 0.15) is 5.75 Å². The molecule has 0 saturated heterocycles. The van der Waals surface area contributed by atoms with Crippen LogP contribution in [0.2, 0.25) is 0 Å². The van der Waals surface area contributed by atoms with Crippen molar-refractivity contribution in [1.82, 2.24) is 5.48 Å². The van der Waals surface area contributed by atoms with E-state index in [1.165, 1.54) is 11.1 Å². The first-order valence-corrected chi connectivity index (χ1v) is 5.01. The van der Waals surface area contributed by atoms with Crippen molar-refractivity contribution in [3.63, 3.8) is 0 Å². The average Bonchev–Trinajstić information content (AvgIpc) is 2.29. The molecule has 2 rings (SSSR count). The van der Waals surface area contributed by atoms with Gasteiger partial charge in [0.2, 0.25) is 0 Å². The highest BCUT2D eigenvalue weighted by atomic mass is 16.6. The molecule has 0 aliphatic heterocycles. The average molecular weight is 205 g/mol. The summed E-state index contributed by atoms with van der Waals surface area (Å²) in [4.78, 5) is 4.95. The van der Waals surface area contributed by atoms with Gasteiger partial charge in [-0.15, -0.1) is 0 Å². The van der Waals surface area contributed by atoms with Crippen LogP contribution >= 0.6 is 0 Å². The normalized spacial score (nSPS) is 14.1. The van der Waals surface area contributed by atoms with Crippen LogP contribution in [0.15, 0.2) is 24.3 Å². The van der Waals surface area contributed by atoms with Gasteiger partial charge in [0, 0.05) is 5.56 Å². The minimum Gasteiger partial charge on any atom is -0.497 e. The molecular formula is C12H15NO2. The van der Waals surface area contributed by atoms with Crippen molar-refractivity contribution in [2.75, 3.05) is 14.2 Å². The summed E-state index contributed by atoms with van der Waals surface area (Å²) in [6.45, 7) is 0. The van der Waals surface area contributed by atoms with Crippen LogP contribution in [0.3, 0.4) is 0 Å². The van der Waals surface area contributed by atoms with Crippen molar-refractivity contribution >= 4 is 5.70 Å². The van der Waals surface area contributed by atoms with E-state index in [0.29, 0.717) is 0 Å². The molecule has 1 aromatic rings. The Morgan fingerprint density at radius 3 is 2.87 bits per heavy atom. The maximum Gasteiger partial charge on any atom is 0.119 e. The van der Waals surface area contributed by atoms with Gasteiger partial charge in [0.15, 0.2) is 0 Å². The molecule has 0 radical (unpaired) electrons. The van der Waals surface area contributed by atoms with Gasteiger partial charge in [0.05, 0.1) is 19.9 Å². The van der Waals surface area contributed by atoms with Gasteiger partial charge >= 0.3 is 0 Å². The van der Waals surface area contributed by atoms with Crippen LogP contribution in [0, 0.1) is 0 Å². The predicted molar refractivity (Wildman–Crippen MR) is 59.4 cm³/mol. The molecule has 3 heteroatoms. The first kappa shape index (κ1) is 10.1. The van der Waals surface area contributed by atoms with Crippen LogP contribution in [0.5, 0.6) is 5.75 Å². The van der Waals surface area contributed by atoms with E-state index in [2.05, 4.69) is 23.7 Å². The monoisotopic (exact) mass is 205 g/mol. The van der Waals surface area contributed by atoms with Crippen LogP contribution in [-0.2, 0) is 11.3 Å². The zero-order chi connectivity index (χ0) is 10.7. The quantitative estimate of drug-likeness (QED) is 0.767. The summed E-state index contributed by atoms with van der Waals surface area (Å²) in [5.74, 6) is 0.910. The van der Waals surface area contributed by atoms with E-state index in [1.54, 1.807) is 14.2 Å². The number of nitrogens with one attached hydrogen (secondary N) is 1. The van der Waals surface area contributed by atoms with Gasteiger partial charge in [-0.1, -0.05) is 6.08 Å². The SMILES string of the molecule is CONC1=CCCc2cc(OC)ccc21. The largest absolute Gasteiger partial charge is 0.497 e. The van der Waals surface area contributed by atoms with E-state index in [-0.39, 0.29) is 0 Å². The maximum absolute atomic E-state index is 5.20. The van der Waals surface area contributed by atoms with Crippen LogP contribution in [0.25, 0.3) is 5.70 Å².